The molecule has 0 amide bonds. The third-order valence-corrected chi connectivity index (χ3v) is 3.89. The lowest BCUT2D eigenvalue weighted by atomic mass is 10.1. The molecule has 6 heteroatoms. The topological polar surface area (TPSA) is 65.0 Å². The third kappa shape index (κ3) is 4.41. The zero-order chi connectivity index (χ0) is 19.2. The lowest BCUT2D eigenvalue weighted by molar-refractivity contribution is 0.0526. The summed E-state index contributed by atoms with van der Waals surface area (Å²) in [6.07, 6.45) is 7.50. The van der Waals surface area contributed by atoms with Crippen molar-refractivity contribution in [2.45, 2.75) is 13.8 Å². The fourth-order valence-electron chi connectivity index (χ4n) is 2.49. The summed E-state index contributed by atoms with van der Waals surface area (Å²) >= 11 is 0. The van der Waals surface area contributed by atoms with Gasteiger partial charge in [0.05, 0.1) is 17.9 Å². The molecular weight excluding hydrogens is 345 g/mol. The van der Waals surface area contributed by atoms with Crippen molar-refractivity contribution in [3.63, 3.8) is 0 Å². The van der Waals surface area contributed by atoms with E-state index in [2.05, 4.69) is 15.0 Å². The number of hydrogen-bond acceptors (Lipinski definition) is 5. The van der Waals surface area contributed by atoms with Crippen molar-refractivity contribution < 1.29 is 13.9 Å². The van der Waals surface area contributed by atoms with E-state index in [0.29, 0.717) is 28.1 Å². The minimum atomic E-state index is -0.487. The average Bonchev–Trinajstić information content (AvgIpc) is 2.70. The largest absolute Gasteiger partial charge is 0.462 e. The van der Waals surface area contributed by atoms with Crippen LogP contribution in [0.4, 0.5) is 4.39 Å². The summed E-state index contributed by atoms with van der Waals surface area (Å²) in [4.78, 5) is 24.4. The van der Waals surface area contributed by atoms with Crippen LogP contribution in [0.3, 0.4) is 0 Å². The molecule has 0 aromatic carbocycles. The SMILES string of the molecule is CCOC(=O)c1cnc(C)c(/C=C(\F)c2cncc(-c3ccccn3)c2)c1. The Balaban J connectivity index is 1.94. The molecule has 0 saturated heterocycles. The number of esters is 1. The van der Waals surface area contributed by atoms with E-state index in [-0.39, 0.29) is 12.2 Å². The van der Waals surface area contributed by atoms with Crippen molar-refractivity contribution >= 4 is 17.9 Å². The summed E-state index contributed by atoms with van der Waals surface area (Å²) in [5, 5.41) is 0. The molecule has 0 unspecified atom stereocenters. The lowest BCUT2D eigenvalue weighted by Gasteiger charge is -2.06. The maximum atomic E-state index is 14.8. The number of pyridine rings is 3. The first-order chi connectivity index (χ1) is 13.1. The molecule has 0 aliphatic rings. The number of hydrogen-bond donors (Lipinski definition) is 0. The molecule has 0 N–H and O–H groups in total. The van der Waals surface area contributed by atoms with Crippen LogP contribution in [0.2, 0.25) is 0 Å². The second-order valence-electron chi connectivity index (χ2n) is 5.79. The number of aryl methyl sites for hydroxylation is 1. The van der Waals surface area contributed by atoms with E-state index in [0.717, 1.165) is 0 Å². The maximum absolute atomic E-state index is 14.8. The van der Waals surface area contributed by atoms with Crippen molar-refractivity contribution in [2.24, 2.45) is 0 Å². The van der Waals surface area contributed by atoms with Crippen LogP contribution in [-0.2, 0) is 4.74 Å². The van der Waals surface area contributed by atoms with E-state index < -0.39 is 11.8 Å². The Morgan fingerprint density at radius 1 is 1.15 bits per heavy atom. The van der Waals surface area contributed by atoms with Gasteiger partial charge in [0.1, 0.15) is 5.83 Å². The summed E-state index contributed by atoms with van der Waals surface area (Å²) in [6, 6.07) is 8.75. The molecule has 136 valence electrons. The molecule has 5 nitrogen and oxygen atoms in total. The first kappa shape index (κ1) is 18.4. The first-order valence-corrected chi connectivity index (χ1v) is 8.46. The molecule has 3 aromatic heterocycles. The Labute approximate surface area is 156 Å². The molecule has 0 fully saturated rings. The van der Waals surface area contributed by atoms with Crippen molar-refractivity contribution in [2.75, 3.05) is 6.61 Å². The van der Waals surface area contributed by atoms with Gasteiger partial charge < -0.3 is 4.74 Å². The average molecular weight is 363 g/mol. The number of carbonyl (C=O) groups excluding carboxylic acids is 1. The van der Waals surface area contributed by atoms with E-state index in [1.165, 1.54) is 18.5 Å². The van der Waals surface area contributed by atoms with Crippen LogP contribution in [0, 0.1) is 6.92 Å². The van der Waals surface area contributed by atoms with Crippen LogP contribution >= 0.6 is 0 Å². The van der Waals surface area contributed by atoms with E-state index in [1.54, 1.807) is 38.4 Å². The smallest absolute Gasteiger partial charge is 0.339 e. The molecule has 0 aliphatic heterocycles. The predicted molar refractivity (Wildman–Crippen MR) is 101 cm³/mol. The normalized spacial score (nSPS) is 11.3. The molecular formula is C21H18FN3O2. The van der Waals surface area contributed by atoms with Gasteiger partial charge in [-0.3, -0.25) is 15.0 Å². The summed E-state index contributed by atoms with van der Waals surface area (Å²) in [7, 11) is 0. The molecule has 3 heterocycles. The Morgan fingerprint density at radius 2 is 2.00 bits per heavy atom. The predicted octanol–water partition coefficient (Wildman–Crippen LogP) is 4.49. The molecule has 0 radical (unpaired) electrons. The third-order valence-electron chi connectivity index (χ3n) is 3.89. The Morgan fingerprint density at radius 3 is 2.74 bits per heavy atom. The summed E-state index contributed by atoms with van der Waals surface area (Å²) < 4.78 is 19.8. The number of nitrogens with zero attached hydrogens (tertiary/aromatic N) is 3. The Kier molecular flexibility index (Phi) is 5.66. The van der Waals surface area contributed by atoms with Gasteiger partial charge >= 0.3 is 5.97 Å². The van der Waals surface area contributed by atoms with Gasteiger partial charge in [0.25, 0.3) is 0 Å². The van der Waals surface area contributed by atoms with Crippen molar-refractivity contribution in [1.29, 1.82) is 0 Å². The molecule has 0 bridgehead atoms. The van der Waals surface area contributed by atoms with Crippen LogP contribution in [0.5, 0.6) is 0 Å². The number of aromatic nitrogens is 3. The number of carbonyl (C=O) groups is 1. The van der Waals surface area contributed by atoms with Crippen LogP contribution in [0.1, 0.15) is 34.1 Å². The van der Waals surface area contributed by atoms with Crippen LogP contribution in [0.25, 0.3) is 23.2 Å². The highest BCUT2D eigenvalue weighted by molar-refractivity contribution is 5.90. The van der Waals surface area contributed by atoms with Gasteiger partial charge in [-0.15, -0.1) is 0 Å². The Bertz CT molecular complexity index is 988. The molecule has 0 atom stereocenters. The van der Waals surface area contributed by atoms with Gasteiger partial charge in [-0.1, -0.05) is 6.07 Å². The lowest BCUT2D eigenvalue weighted by Crippen LogP contribution is -2.06. The van der Waals surface area contributed by atoms with E-state index in [9.17, 15) is 9.18 Å². The van der Waals surface area contributed by atoms with Crippen molar-refractivity contribution in [3.8, 4) is 11.3 Å². The zero-order valence-corrected chi connectivity index (χ0v) is 15.0. The molecule has 0 aliphatic carbocycles. The summed E-state index contributed by atoms with van der Waals surface area (Å²) in [5.74, 6) is -0.968. The molecule has 0 spiro atoms. The van der Waals surface area contributed by atoms with E-state index >= 15 is 0 Å². The van der Waals surface area contributed by atoms with Gasteiger partial charge in [0, 0.05) is 41.6 Å². The highest BCUT2D eigenvalue weighted by atomic mass is 19.1. The minimum Gasteiger partial charge on any atom is -0.462 e. The first-order valence-electron chi connectivity index (χ1n) is 8.46. The summed E-state index contributed by atoms with van der Waals surface area (Å²) in [5.41, 5.74) is 3.13. The fraction of sp³-hybridized carbons (Fsp3) is 0.143. The molecule has 3 aromatic rings. The highest BCUT2D eigenvalue weighted by Crippen LogP contribution is 2.24. The van der Waals surface area contributed by atoms with Gasteiger partial charge in [0.2, 0.25) is 0 Å². The second kappa shape index (κ2) is 8.31. The van der Waals surface area contributed by atoms with E-state index in [4.69, 9.17) is 4.74 Å². The van der Waals surface area contributed by atoms with Crippen molar-refractivity contribution in [3.05, 3.63) is 77.5 Å². The van der Waals surface area contributed by atoms with Crippen LogP contribution in [0.15, 0.2) is 55.1 Å². The maximum Gasteiger partial charge on any atom is 0.339 e. The van der Waals surface area contributed by atoms with Gasteiger partial charge in [-0.05, 0) is 49.8 Å². The Hall–Kier alpha value is -3.41. The van der Waals surface area contributed by atoms with Gasteiger partial charge in [-0.2, -0.15) is 0 Å². The second-order valence-corrected chi connectivity index (χ2v) is 5.79. The highest BCUT2D eigenvalue weighted by Gasteiger charge is 2.11. The quantitative estimate of drug-likeness (QED) is 0.625. The van der Waals surface area contributed by atoms with E-state index in [1.807, 2.05) is 18.2 Å². The monoisotopic (exact) mass is 363 g/mol. The standard InChI is InChI=1S/C21H18FN3O2/c1-3-27-21(26)18-8-15(14(2)25-13-18)10-19(22)16-9-17(12-23-11-16)20-6-4-5-7-24-20/h4-13H,3H2,1-2H3/b19-10-. The van der Waals surface area contributed by atoms with Crippen molar-refractivity contribution in [1.82, 2.24) is 15.0 Å². The zero-order valence-electron chi connectivity index (χ0n) is 15.0. The minimum absolute atomic E-state index is 0.262. The van der Waals surface area contributed by atoms with Crippen LogP contribution in [-0.4, -0.2) is 27.5 Å². The fourth-order valence-corrected chi connectivity index (χ4v) is 2.49. The van der Waals surface area contributed by atoms with Gasteiger partial charge in [0.15, 0.2) is 0 Å². The van der Waals surface area contributed by atoms with Gasteiger partial charge in [-0.25, -0.2) is 9.18 Å². The van der Waals surface area contributed by atoms with Crippen LogP contribution < -0.4 is 0 Å². The molecule has 0 saturated carbocycles. The number of halogens is 1. The molecule has 27 heavy (non-hydrogen) atoms. The molecule has 3 rings (SSSR count). The number of rotatable bonds is 5. The summed E-state index contributed by atoms with van der Waals surface area (Å²) in [6.45, 7) is 3.73. The number of ether oxygens (including phenoxy) is 1.